The maximum absolute atomic E-state index is 14.8. The second kappa shape index (κ2) is 16.8. The molecule has 50 heavy (non-hydrogen) atoms. The zero-order chi connectivity index (χ0) is 35.7. The van der Waals surface area contributed by atoms with E-state index in [-0.39, 0.29) is 52.0 Å². The molecule has 4 aromatic rings. The van der Waals surface area contributed by atoms with Crippen molar-refractivity contribution in [3.8, 4) is 17.2 Å². The summed E-state index contributed by atoms with van der Waals surface area (Å²) in [6, 6.07) is 26.6. The van der Waals surface area contributed by atoms with Gasteiger partial charge in [0.25, 0.3) is 10.0 Å². The number of anilines is 1. The van der Waals surface area contributed by atoms with Crippen LogP contribution in [-0.2, 0) is 32.6 Å². The lowest BCUT2D eigenvalue weighted by Gasteiger charge is -2.34. The number of hydrogen-bond acceptors (Lipinski definition) is 7. The first-order chi connectivity index (χ1) is 24.1. The topological polar surface area (TPSA) is 114 Å². The van der Waals surface area contributed by atoms with Gasteiger partial charge in [0, 0.05) is 30.1 Å². The number of nitrogens with one attached hydrogen (secondary N) is 1. The minimum absolute atomic E-state index is 0.00658. The molecule has 1 saturated carbocycles. The largest absolute Gasteiger partial charge is 0.495 e. The monoisotopic (exact) mass is 719 g/mol. The van der Waals surface area contributed by atoms with Crippen LogP contribution in [0.15, 0.2) is 102 Å². The van der Waals surface area contributed by atoms with Crippen LogP contribution in [0.4, 0.5) is 5.69 Å². The van der Waals surface area contributed by atoms with Gasteiger partial charge in [0.15, 0.2) is 11.5 Å². The number of nitrogens with zero attached hydrogens (tertiary/aromatic N) is 2. The number of halogens is 1. The molecule has 1 fully saturated rings. The number of hydrogen-bond donors (Lipinski definition) is 1. The highest BCUT2D eigenvalue weighted by atomic mass is 35.5. The van der Waals surface area contributed by atoms with Gasteiger partial charge in [-0.2, -0.15) is 0 Å². The molecule has 1 N–H and O–H groups in total. The van der Waals surface area contributed by atoms with E-state index in [9.17, 15) is 18.0 Å². The van der Waals surface area contributed by atoms with E-state index >= 15 is 0 Å². The van der Waals surface area contributed by atoms with Crippen LogP contribution in [0.2, 0.25) is 5.02 Å². The number of amides is 2. The Balaban J connectivity index is 1.61. The second-order valence-corrected chi connectivity index (χ2v) is 14.3. The van der Waals surface area contributed by atoms with Crippen molar-refractivity contribution in [1.29, 1.82) is 0 Å². The molecule has 0 bridgehead atoms. The van der Waals surface area contributed by atoms with Gasteiger partial charge >= 0.3 is 0 Å². The molecule has 0 radical (unpaired) electrons. The molecule has 1 aliphatic carbocycles. The molecule has 4 aromatic carbocycles. The molecule has 0 saturated heterocycles. The summed E-state index contributed by atoms with van der Waals surface area (Å²) in [5.41, 5.74) is 1.69. The molecule has 0 spiro atoms. The molecule has 0 heterocycles. The van der Waals surface area contributed by atoms with Gasteiger partial charge in [-0.05, 0) is 54.3 Å². The molecule has 2 amide bonds. The van der Waals surface area contributed by atoms with Crippen molar-refractivity contribution < 1.29 is 32.2 Å². The van der Waals surface area contributed by atoms with E-state index in [0.717, 1.165) is 41.1 Å². The highest BCUT2D eigenvalue weighted by Crippen LogP contribution is 2.37. The Labute approximate surface area is 299 Å². The third-order valence-electron chi connectivity index (χ3n) is 8.80. The second-order valence-electron chi connectivity index (χ2n) is 12.0. The fourth-order valence-corrected chi connectivity index (χ4v) is 7.78. The summed E-state index contributed by atoms with van der Waals surface area (Å²) in [6.45, 7) is -0.603. The summed E-state index contributed by atoms with van der Waals surface area (Å²) in [5.74, 6) is -0.182. The lowest BCUT2D eigenvalue weighted by Crippen LogP contribution is -2.54. The Morgan fingerprint density at radius 2 is 1.40 bits per heavy atom. The Morgan fingerprint density at radius 1 is 0.800 bits per heavy atom. The van der Waals surface area contributed by atoms with Gasteiger partial charge in [0.2, 0.25) is 11.8 Å². The maximum Gasteiger partial charge on any atom is 0.265 e. The van der Waals surface area contributed by atoms with Crippen molar-refractivity contribution in [3.63, 3.8) is 0 Å². The van der Waals surface area contributed by atoms with Gasteiger partial charge in [0.05, 0.1) is 31.9 Å². The number of benzene rings is 4. The normalized spacial score (nSPS) is 13.7. The SMILES string of the molecule is COc1ccc(S(=O)(=O)N(CC(=O)N(Cc2ccccc2)[C@H](Cc2ccccc2)C(=O)NC2CCCC2)c2cc(Cl)ccc2OC)cc1OC. The molecule has 12 heteroatoms. The number of sulfonamides is 1. The average Bonchev–Trinajstić information content (AvgIpc) is 3.65. The number of ether oxygens (including phenoxy) is 3. The first kappa shape index (κ1) is 36.5. The van der Waals surface area contributed by atoms with Crippen molar-refractivity contribution in [3.05, 3.63) is 113 Å². The summed E-state index contributed by atoms with van der Waals surface area (Å²) in [5, 5.41) is 3.42. The predicted molar refractivity (Wildman–Crippen MR) is 193 cm³/mol. The fraction of sp³-hybridized carbons (Fsp3) is 0.316. The maximum atomic E-state index is 14.8. The Hall–Kier alpha value is -4.74. The molecule has 0 aromatic heterocycles. The summed E-state index contributed by atoms with van der Waals surface area (Å²) >= 11 is 6.41. The minimum Gasteiger partial charge on any atom is -0.495 e. The van der Waals surface area contributed by atoms with E-state index < -0.39 is 28.5 Å². The van der Waals surface area contributed by atoms with E-state index in [1.54, 1.807) is 6.07 Å². The smallest absolute Gasteiger partial charge is 0.265 e. The van der Waals surface area contributed by atoms with E-state index in [4.69, 9.17) is 25.8 Å². The number of carbonyl (C=O) groups excluding carboxylic acids is 2. The number of carbonyl (C=O) groups is 2. The molecule has 264 valence electrons. The van der Waals surface area contributed by atoms with Crippen LogP contribution in [0.25, 0.3) is 0 Å². The zero-order valence-electron chi connectivity index (χ0n) is 28.4. The lowest BCUT2D eigenvalue weighted by atomic mass is 10.0. The molecule has 1 aliphatic rings. The molecule has 0 aliphatic heterocycles. The first-order valence-corrected chi connectivity index (χ1v) is 18.2. The van der Waals surface area contributed by atoms with Crippen LogP contribution in [-0.4, -0.2) is 65.1 Å². The van der Waals surface area contributed by atoms with Crippen molar-refractivity contribution in [2.45, 2.75) is 55.6 Å². The van der Waals surface area contributed by atoms with Crippen LogP contribution >= 0.6 is 11.6 Å². The summed E-state index contributed by atoms with van der Waals surface area (Å²) in [6.07, 6.45) is 3.99. The molecule has 10 nitrogen and oxygen atoms in total. The van der Waals surface area contributed by atoms with Gasteiger partial charge in [-0.1, -0.05) is 85.1 Å². The summed E-state index contributed by atoms with van der Waals surface area (Å²) < 4.78 is 46.5. The Morgan fingerprint density at radius 3 is 2.02 bits per heavy atom. The first-order valence-electron chi connectivity index (χ1n) is 16.4. The molecular formula is C38H42ClN3O7S. The van der Waals surface area contributed by atoms with Gasteiger partial charge < -0.3 is 24.4 Å². The Bertz CT molecular complexity index is 1870. The quantitative estimate of drug-likeness (QED) is 0.154. The average molecular weight is 720 g/mol. The highest BCUT2D eigenvalue weighted by Gasteiger charge is 2.36. The van der Waals surface area contributed by atoms with E-state index in [1.165, 1.54) is 56.6 Å². The third-order valence-corrected chi connectivity index (χ3v) is 10.8. The van der Waals surface area contributed by atoms with Crippen molar-refractivity contribution in [1.82, 2.24) is 10.2 Å². The lowest BCUT2D eigenvalue weighted by molar-refractivity contribution is -0.140. The standard InChI is InChI=1S/C38H42ClN3O7S/c1-47-34-20-18-29(39)23-32(34)42(50(45,46)31-19-21-35(48-2)36(24-31)49-3)26-37(43)41(25-28-14-8-5-9-15-28)33(22-27-12-6-4-7-13-27)38(44)40-30-16-10-11-17-30/h4-9,12-15,18-21,23-24,30,33H,10-11,16-17,22,25-26H2,1-3H3,(H,40,44)/t33-/m1/s1. The summed E-state index contributed by atoms with van der Waals surface area (Å²) in [7, 11) is -0.220. The highest BCUT2D eigenvalue weighted by molar-refractivity contribution is 7.92. The zero-order valence-corrected chi connectivity index (χ0v) is 30.0. The van der Waals surface area contributed by atoms with E-state index in [0.29, 0.717) is 5.75 Å². The summed E-state index contributed by atoms with van der Waals surface area (Å²) in [4.78, 5) is 30.3. The van der Waals surface area contributed by atoms with E-state index in [2.05, 4.69) is 5.32 Å². The molecule has 5 rings (SSSR count). The number of methoxy groups -OCH3 is 3. The van der Waals surface area contributed by atoms with Crippen molar-refractivity contribution in [2.75, 3.05) is 32.2 Å². The van der Waals surface area contributed by atoms with Crippen LogP contribution in [0.5, 0.6) is 17.2 Å². The van der Waals surface area contributed by atoms with Crippen LogP contribution in [0.1, 0.15) is 36.8 Å². The van der Waals surface area contributed by atoms with Gasteiger partial charge in [-0.15, -0.1) is 0 Å². The third kappa shape index (κ3) is 8.70. The van der Waals surface area contributed by atoms with Crippen LogP contribution in [0, 0.1) is 0 Å². The molecule has 0 unspecified atom stereocenters. The van der Waals surface area contributed by atoms with Crippen molar-refractivity contribution in [2.24, 2.45) is 0 Å². The number of rotatable bonds is 15. The van der Waals surface area contributed by atoms with Gasteiger partial charge in [-0.3, -0.25) is 13.9 Å². The Kier molecular flexibility index (Phi) is 12.3. The van der Waals surface area contributed by atoms with Crippen LogP contribution in [0.3, 0.4) is 0 Å². The minimum atomic E-state index is -4.47. The van der Waals surface area contributed by atoms with Crippen molar-refractivity contribution >= 4 is 39.1 Å². The molecular weight excluding hydrogens is 678 g/mol. The van der Waals surface area contributed by atoms with Gasteiger partial charge in [0.1, 0.15) is 18.3 Å². The predicted octanol–water partition coefficient (Wildman–Crippen LogP) is 6.26. The van der Waals surface area contributed by atoms with Gasteiger partial charge in [-0.25, -0.2) is 8.42 Å². The van der Waals surface area contributed by atoms with Crippen LogP contribution < -0.4 is 23.8 Å². The van der Waals surface area contributed by atoms with E-state index in [1.807, 2.05) is 60.7 Å². The molecule has 1 atom stereocenters. The fourth-order valence-electron chi connectivity index (χ4n) is 6.18.